The van der Waals surface area contributed by atoms with Gasteiger partial charge in [0.25, 0.3) is 15.9 Å². The van der Waals surface area contributed by atoms with Crippen LogP contribution in [-0.2, 0) is 14.8 Å². The summed E-state index contributed by atoms with van der Waals surface area (Å²) in [6.07, 6.45) is 1.41. The van der Waals surface area contributed by atoms with E-state index in [1.165, 1.54) is 18.3 Å². The predicted octanol–water partition coefficient (Wildman–Crippen LogP) is 3.99. The fraction of sp³-hybridized carbons (Fsp3) is 0.0909. The average Bonchev–Trinajstić information content (AvgIpc) is 2.74. The molecule has 30 heavy (non-hydrogen) atoms. The fourth-order valence-corrected chi connectivity index (χ4v) is 4.47. The number of para-hydroxylation sites is 1. The first-order valence-corrected chi connectivity index (χ1v) is 10.9. The summed E-state index contributed by atoms with van der Waals surface area (Å²) in [7, 11) is -3.96. The molecule has 3 aromatic carbocycles. The number of nitrogens with one attached hydrogen (secondary N) is 1. The van der Waals surface area contributed by atoms with E-state index < -0.39 is 22.5 Å². The highest BCUT2D eigenvalue weighted by Gasteiger charge is 2.27. The van der Waals surface area contributed by atoms with Gasteiger partial charge < -0.3 is 0 Å². The molecule has 6 nitrogen and oxygen atoms in total. The summed E-state index contributed by atoms with van der Waals surface area (Å²) in [5.41, 5.74) is 4.15. The van der Waals surface area contributed by atoms with Gasteiger partial charge in [-0.15, -0.1) is 0 Å². The molecular weight excluding hydrogens is 422 g/mol. The van der Waals surface area contributed by atoms with Gasteiger partial charge in [-0.3, -0.25) is 9.10 Å². The summed E-state index contributed by atoms with van der Waals surface area (Å²) < 4.78 is 27.6. The second kappa shape index (κ2) is 9.56. The van der Waals surface area contributed by atoms with Crippen molar-refractivity contribution in [2.45, 2.75) is 11.8 Å². The van der Waals surface area contributed by atoms with Crippen LogP contribution in [0.25, 0.3) is 0 Å². The van der Waals surface area contributed by atoms with E-state index >= 15 is 0 Å². The van der Waals surface area contributed by atoms with E-state index in [-0.39, 0.29) is 4.90 Å². The van der Waals surface area contributed by atoms with E-state index in [2.05, 4.69) is 10.5 Å². The second-order valence-corrected chi connectivity index (χ2v) is 8.70. The Morgan fingerprint density at radius 1 is 1.00 bits per heavy atom. The molecule has 0 spiro atoms. The fourth-order valence-electron chi connectivity index (χ4n) is 2.78. The molecule has 1 N–H and O–H groups in total. The van der Waals surface area contributed by atoms with Gasteiger partial charge >= 0.3 is 0 Å². The Bertz CT molecular complexity index is 1170. The van der Waals surface area contributed by atoms with Crippen molar-refractivity contribution < 1.29 is 13.2 Å². The van der Waals surface area contributed by atoms with Gasteiger partial charge in [0.15, 0.2) is 0 Å². The van der Waals surface area contributed by atoms with Gasteiger partial charge in [-0.05, 0) is 36.8 Å². The van der Waals surface area contributed by atoms with Crippen molar-refractivity contribution in [1.29, 1.82) is 0 Å². The molecule has 0 aromatic heterocycles. The maximum Gasteiger partial charge on any atom is 0.264 e. The highest BCUT2D eigenvalue weighted by molar-refractivity contribution is 7.92. The number of hydrogen-bond acceptors (Lipinski definition) is 4. The quantitative estimate of drug-likeness (QED) is 0.444. The summed E-state index contributed by atoms with van der Waals surface area (Å²) >= 11 is 6.06. The Morgan fingerprint density at radius 3 is 2.33 bits per heavy atom. The van der Waals surface area contributed by atoms with Gasteiger partial charge in [0, 0.05) is 10.6 Å². The first-order chi connectivity index (χ1) is 14.4. The number of carbonyl (C=O) groups excluding carboxylic acids is 1. The topological polar surface area (TPSA) is 78.8 Å². The second-order valence-electron chi connectivity index (χ2n) is 6.43. The number of halogens is 1. The number of aryl methyl sites for hydroxylation is 1. The molecular formula is C22H20ClN3O3S. The first kappa shape index (κ1) is 21.5. The third-order valence-electron chi connectivity index (χ3n) is 4.30. The number of carbonyl (C=O) groups is 1. The average molecular weight is 442 g/mol. The van der Waals surface area contributed by atoms with Crippen LogP contribution in [0.5, 0.6) is 0 Å². The van der Waals surface area contributed by atoms with E-state index in [1.54, 1.807) is 73.7 Å². The van der Waals surface area contributed by atoms with Crippen molar-refractivity contribution in [2.24, 2.45) is 5.10 Å². The third kappa shape index (κ3) is 5.06. The minimum absolute atomic E-state index is 0.0978. The molecule has 3 rings (SSSR count). The first-order valence-electron chi connectivity index (χ1n) is 9.09. The number of hydrazone groups is 1. The lowest BCUT2D eigenvalue weighted by molar-refractivity contribution is -0.119. The Kier molecular flexibility index (Phi) is 6.87. The van der Waals surface area contributed by atoms with Crippen LogP contribution in [0.3, 0.4) is 0 Å². The van der Waals surface area contributed by atoms with E-state index in [0.717, 1.165) is 9.87 Å². The van der Waals surface area contributed by atoms with E-state index in [1.807, 2.05) is 0 Å². The molecule has 8 heteroatoms. The molecule has 154 valence electrons. The van der Waals surface area contributed by atoms with Crippen LogP contribution in [0.2, 0.25) is 5.02 Å². The highest BCUT2D eigenvalue weighted by atomic mass is 35.5. The molecule has 0 bridgehead atoms. The minimum atomic E-state index is -3.96. The van der Waals surface area contributed by atoms with E-state index in [9.17, 15) is 13.2 Å². The maximum atomic E-state index is 13.3. The molecule has 3 aromatic rings. The van der Waals surface area contributed by atoms with Crippen molar-refractivity contribution in [1.82, 2.24) is 5.43 Å². The molecule has 0 heterocycles. The molecule has 0 aliphatic heterocycles. The Morgan fingerprint density at radius 2 is 1.63 bits per heavy atom. The van der Waals surface area contributed by atoms with Gasteiger partial charge in [0.1, 0.15) is 6.54 Å². The molecule has 0 saturated carbocycles. The zero-order chi connectivity index (χ0) is 21.6. The molecule has 0 fully saturated rings. The van der Waals surface area contributed by atoms with Crippen LogP contribution in [0.1, 0.15) is 11.1 Å². The lowest BCUT2D eigenvalue weighted by Gasteiger charge is -2.25. The molecule has 0 aliphatic rings. The number of nitrogens with zero attached hydrogens (tertiary/aromatic N) is 2. The molecule has 0 saturated heterocycles. The van der Waals surface area contributed by atoms with Crippen LogP contribution < -0.4 is 9.73 Å². The number of sulfonamides is 1. The van der Waals surface area contributed by atoms with Gasteiger partial charge in [0.2, 0.25) is 0 Å². The molecule has 1 amide bonds. The largest absolute Gasteiger partial charge is 0.271 e. The van der Waals surface area contributed by atoms with Crippen molar-refractivity contribution in [3.63, 3.8) is 0 Å². The summed E-state index contributed by atoms with van der Waals surface area (Å²) in [6, 6.07) is 22.0. The van der Waals surface area contributed by atoms with Gasteiger partial charge in [0.05, 0.1) is 16.8 Å². The highest BCUT2D eigenvalue weighted by Crippen LogP contribution is 2.26. The summed E-state index contributed by atoms with van der Waals surface area (Å²) in [4.78, 5) is 12.6. The van der Waals surface area contributed by atoms with Gasteiger partial charge in [-0.25, -0.2) is 13.8 Å². The van der Waals surface area contributed by atoms with Crippen molar-refractivity contribution >= 4 is 39.4 Å². The van der Waals surface area contributed by atoms with Crippen LogP contribution in [-0.4, -0.2) is 27.1 Å². The number of amides is 1. The number of hydrogen-bond donors (Lipinski definition) is 1. The number of rotatable bonds is 7. The van der Waals surface area contributed by atoms with Crippen molar-refractivity contribution in [2.75, 3.05) is 10.8 Å². The molecule has 0 aliphatic carbocycles. The molecule has 0 unspecified atom stereocenters. The number of benzene rings is 3. The maximum absolute atomic E-state index is 13.3. The Balaban J connectivity index is 1.85. The standard InChI is InChI=1S/C22H20ClN3O3S/c1-17-9-5-8-14-21(17)26(30(28,29)19-11-3-2-4-12-19)16-22(27)25-24-15-18-10-6-7-13-20(18)23/h2-15H,16H2,1H3,(H,25,27)/b24-15+. The number of anilines is 1. The summed E-state index contributed by atoms with van der Waals surface area (Å²) in [5, 5.41) is 4.39. The predicted molar refractivity (Wildman–Crippen MR) is 119 cm³/mol. The monoisotopic (exact) mass is 441 g/mol. The summed E-state index contributed by atoms with van der Waals surface area (Å²) in [6.45, 7) is 1.36. The summed E-state index contributed by atoms with van der Waals surface area (Å²) in [5.74, 6) is -0.582. The van der Waals surface area contributed by atoms with Gasteiger partial charge in [-0.1, -0.05) is 66.2 Å². The van der Waals surface area contributed by atoms with E-state index in [0.29, 0.717) is 16.3 Å². The zero-order valence-electron chi connectivity index (χ0n) is 16.2. The van der Waals surface area contributed by atoms with Crippen molar-refractivity contribution in [3.05, 3.63) is 95.0 Å². The molecule has 0 radical (unpaired) electrons. The zero-order valence-corrected chi connectivity index (χ0v) is 17.8. The van der Waals surface area contributed by atoms with E-state index in [4.69, 9.17) is 11.6 Å². The normalized spacial score (nSPS) is 11.4. The molecule has 0 atom stereocenters. The Hall–Kier alpha value is -3.16. The SMILES string of the molecule is Cc1ccccc1N(CC(=O)N/N=C/c1ccccc1Cl)S(=O)(=O)c1ccccc1. The van der Waals surface area contributed by atoms with Crippen LogP contribution in [0.15, 0.2) is 88.9 Å². The van der Waals surface area contributed by atoms with Crippen LogP contribution in [0, 0.1) is 6.92 Å². The minimum Gasteiger partial charge on any atom is -0.271 e. The van der Waals surface area contributed by atoms with Crippen LogP contribution in [0.4, 0.5) is 5.69 Å². The lowest BCUT2D eigenvalue weighted by atomic mass is 10.2. The third-order valence-corrected chi connectivity index (χ3v) is 6.42. The van der Waals surface area contributed by atoms with Crippen molar-refractivity contribution in [3.8, 4) is 0 Å². The lowest BCUT2D eigenvalue weighted by Crippen LogP contribution is -2.40. The Labute approximate surface area is 180 Å². The smallest absolute Gasteiger partial charge is 0.264 e. The van der Waals surface area contributed by atoms with Gasteiger partial charge in [-0.2, -0.15) is 5.10 Å². The van der Waals surface area contributed by atoms with Crippen LogP contribution >= 0.6 is 11.6 Å².